The van der Waals surface area contributed by atoms with E-state index in [0.29, 0.717) is 63.4 Å². The number of amides is 1. The van der Waals surface area contributed by atoms with Crippen LogP contribution in [0, 0.1) is 35.5 Å². The van der Waals surface area contributed by atoms with Crippen LogP contribution in [0.1, 0.15) is 140 Å². The summed E-state index contributed by atoms with van der Waals surface area (Å²) < 4.78 is 35.6. The van der Waals surface area contributed by atoms with E-state index < -0.39 is 77.8 Å². The molecule has 0 aromatic rings. The van der Waals surface area contributed by atoms with Crippen LogP contribution in [0.4, 0.5) is 0 Å². The number of rotatable bonds is 9. The van der Waals surface area contributed by atoms with Crippen LogP contribution in [-0.2, 0) is 52.4 Å². The lowest BCUT2D eigenvalue weighted by molar-refractivity contribution is -0.265. The van der Waals surface area contributed by atoms with E-state index in [1.165, 1.54) is 12.0 Å². The predicted molar refractivity (Wildman–Crippen MR) is 269 cm³/mol. The van der Waals surface area contributed by atoms with E-state index in [0.717, 1.165) is 12.0 Å². The van der Waals surface area contributed by atoms with Gasteiger partial charge in [0, 0.05) is 58.5 Å². The minimum absolute atomic E-state index is 0. The molecule has 0 aromatic carbocycles. The van der Waals surface area contributed by atoms with Crippen LogP contribution in [-0.4, -0.2) is 145 Å². The lowest BCUT2D eigenvalue weighted by Gasteiger charge is -2.42. The Balaban J connectivity index is 0.00000840. The minimum atomic E-state index is -2.43. The number of fused-ring (bicyclic) bond motifs is 3. The third-order valence-electron chi connectivity index (χ3n) is 14.9. The normalized spacial score (nSPS) is 38.0. The first-order chi connectivity index (χ1) is 32.3. The van der Waals surface area contributed by atoms with Crippen molar-refractivity contribution in [3.05, 3.63) is 47.6 Å². The molecule has 2 bridgehead atoms. The highest BCUT2D eigenvalue weighted by Gasteiger charge is 2.53. The molecule has 3 N–H and O–H groups in total. The first-order valence-corrected chi connectivity index (χ1v) is 25.0. The Labute approximate surface area is 419 Å². The number of methoxy groups -OCH3 is 3. The van der Waals surface area contributed by atoms with E-state index in [-0.39, 0.29) is 89.0 Å². The Morgan fingerprint density at radius 2 is 1.56 bits per heavy atom. The van der Waals surface area contributed by atoms with Crippen molar-refractivity contribution in [2.24, 2.45) is 35.5 Å². The molecule has 0 spiro atoms. The van der Waals surface area contributed by atoms with Crippen molar-refractivity contribution in [3.63, 3.8) is 0 Å². The molecular weight excluding hydrogens is 899 g/mol. The number of Topliss-reactive ketones (excluding diaryl/α,β-unsaturated/α-hetero) is 3. The highest BCUT2D eigenvalue weighted by molar-refractivity contribution is 6.39. The monoisotopic (exact) mass is 990 g/mol. The van der Waals surface area contributed by atoms with Gasteiger partial charge in [-0.3, -0.25) is 19.2 Å². The number of allylic oxidation sites excluding steroid dienone is 6. The van der Waals surface area contributed by atoms with Crippen LogP contribution in [0.3, 0.4) is 0 Å². The minimum Gasteiger partial charge on any atom is -0.460 e. The largest absolute Gasteiger partial charge is 0.460 e. The molecule has 0 unspecified atom stereocenters. The number of ether oxygens (including phenoxy) is 6. The number of aliphatic hydroxyl groups is 3. The summed E-state index contributed by atoms with van der Waals surface area (Å²) in [5, 5.41) is 32.8. The fourth-order valence-corrected chi connectivity index (χ4v) is 10.5. The van der Waals surface area contributed by atoms with E-state index in [9.17, 15) is 39.3 Å². The van der Waals surface area contributed by atoms with Gasteiger partial charge in [-0.1, -0.05) is 85.9 Å². The van der Waals surface area contributed by atoms with Gasteiger partial charge in [-0.15, -0.1) is 0 Å². The van der Waals surface area contributed by atoms with Gasteiger partial charge in [-0.25, -0.2) is 4.79 Å². The van der Waals surface area contributed by atoms with Crippen molar-refractivity contribution in [2.45, 2.75) is 195 Å². The average molecular weight is 990 g/mol. The van der Waals surface area contributed by atoms with Gasteiger partial charge >= 0.3 is 5.97 Å². The molecule has 3 aliphatic heterocycles. The van der Waals surface area contributed by atoms with E-state index in [2.05, 4.69) is 0 Å². The van der Waals surface area contributed by atoms with Gasteiger partial charge in [-0.2, -0.15) is 0 Å². The fourth-order valence-electron chi connectivity index (χ4n) is 10.5. The van der Waals surface area contributed by atoms with E-state index in [1.807, 2.05) is 58.1 Å². The van der Waals surface area contributed by atoms with Crippen LogP contribution >= 0.6 is 0 Å². The quantitative estimate of drug-likeness (QED) is 0.117. The van der Waals surface area contributed by atoms with Crippen LogP contribution < -0.4 is 0 Å². The molecule has 4 rings (SSSR count). The molecule has 0 radical (unpaired) electrons. The number of esters is 1. The number of hydrogen-bond donors (Lipinski definition) is 3. The molecule has 1 saturated carbocycles. The molecule has 15 nitrogen and oxygen atoms in total. The van der Waals surface area contributed by atoms with Gasteiger partial charge in [0.15, 0.2) is 5.78 Å². The zero-order valence-corrected chi connectivity index (χ0v) is 42.4. The molecule has 15 heteroatoms. The van der Waals surface area contributed by atoms with Crippen molar-refractivity contribution >= 4 is 29.2 Å². The van der Waals surface area contributed by atoms with Crippen molar-refractivity contribution in [1.82, 2.24) is 4.90 Å². The number of carbonyl (C=O) groups is 5. The number of nitrogens with zero attached hydrogens (tertiary/aromatic N) is 1. The maximum absolute atomic E-state index is 14.5. The SMILES string of the molecule is C.C.CO[C@H]1C[C@@H]2CC[C@@H](C)[C@@](O)(O2)C(=O)C(=O)N2CCCC[C@H]2C(=O)O[C@H]([C@H](C)C[C@@H]2CC[C@@H](OCCO)[C@H](OC)C2)CC(=O)[C@H](C)/C=C(\C)[C@@H](O)[C@@H](OC)C(=O)[C@H](C)C[C@H](C)/C=C/C=C/C=C/1C. The van der Waals surface area contributed by atoms with Crippen molar-refractivity contribution in [1.29, 1.82) is 0 Å². The van der Waals surface area contributed by atoms with Crippen LogP contribution in [0.25, 0.3) is 0 Å². The molecule has 2 saturated heterocycles. The van der Waals surface area contributed by atoms with E-state index in [4.69, 9.17) is 28.4 Å². The number of aliphatic hydroxyl groups excluding tert-OH is 2. The lowest BCUT2D eigenvalue weighted by Crippen LogP contribution is -2.61. The van der Waals surface area contributed by atoms with Crippen LogP contribution in [0.15, 0.2) is 47.6 Å². The first-order valence-electron chi connectivity index (χ1n) is 25.0. The standard InChI is InChI=1S/C53H83NO14.2CH4/c1-32-16-12-11-13-17-33(2)44(63-8)30-40-21-19-38(7)53(62,68-40)50(59)51(60)54-23-15-14-18-41(54)52(61)67-45(35(4)28-39-20-22-43(66-25-24-55)46(29-39)64-9)31-42(56)34(3)27-37(6)48(58)49(65-10)47(57)36(5)26-32;;/h11-13,16-17,27,32,34-36,38-41,43-46,48-49,55,58,62H,14-15,18-26,28-31H2,1-10H3;2*1H4/b13-11+,16-12+,33-17+,37-27+;;/t32-,34-,35-,36-,38-,39+,40+,41+,43-,44+,45+,46-,48-,49+,53-;;/m1../s1. The Morgan fingerprint density at radius 1 is 0.843 bits per heavy atom. The topological polar surface area (TPSA) is 205 Å². The predicted octanol–water partition coefficient (Wildman–Crippen LogP) is 7.47. The number of piperidine rings is 1. The Kier molecular flexibility index (Phi) is 26.8. The molecule has 4 aliphatic rings. The molecule has 1 amide bonds. The fraction of sp³-hybridized carbons (Fsp3) is 0.764. The van der Waals surface area contributed by atoms with Crippen LogP contribution in [0.5, 0.6) is 0 Å². The van der Waals surface area contributed by atoms with Gasteiger partial charge in [0.2, 0.25) is 5.79 Å². The average Bonchev–Trinajstić information content (AvgIpc) is 3.32. The van der Waals surface area contributed by atoms with Crippen molar-refractivity contribution in [2.75, 3.05) is 41.1 Å². The van der Waals surface area contributed by atoms with Crippen molar-refractivity contribution < 1.29 is 67.7 Å². The summed E-state index contributed by atoms with van der Waals surface area (Å²) >= 11 is 0. The third-order valence-corrected chi connectivity index (χ3v) is 14.9. The smallest absolute Gasteiger partial charge is 0.329 e. The summed E-state index contributed by atoms with van der Waals surface area (Å²) in [5.74, 6) is -7.96. The molecule has 15 atom stereocenters. The molecule has 3 heterocycles. The maximum Gasteiger partial charge on any atom is 0.329 e. The van der Waals surface area contributed by atoms with Gasteiger partial charge < -0.3 is 48.6 Å². The first kappa shape index (κ1) is 62.7. The second kappa shape index (κ2) is 29.9. The summed E-state index contributed by atoms with van der Waals surface area (Å²) in [7, 11) is 4.58. The van der Waals surface area contributed by atoms with E-state index >= 15 is 0 Å². The molecule has 1 aliphatic carbocycles. The van der Waals surface area contributed by atoms with E-state index in [1.54, 1.807) is 41.1 Å². The van der Waals surface area contributed by atoms with Gasteiger partial charge in [0.1, 0.15) is 30.1 Å². The Hall–Kier alpha value is -3.41. The van der Waals surface area contributed by atoms with Gasteiger partial charge in [-0.05, 0) is 107 Å². The molecule has 400 valence electrons. The Bertz CT molecular complexity index is 1810. The molecule has 0 aromatic heterocycles. The summed E-state index contributed by atoms with van der Waals surface area (Å²) in [4.78, 5) is 72.1. The second-order valence-corrected chi connectivity index (χ2v) is 20.2. The summed E-state index contributed by atoms with van der Waals surface area (Å²) in [5.41, 5.74) is 1.26. The summed E-state index contributed by atoms with van der Waals surface area (Å²) in [6.07, 6.45) is 12.0. The second-order valence-electron chi connectivity index (χ2n) is 20.2. The number of cyclic esters (lactones) is 1. The summed E-state index contributed by atoms with van der Waals surface area (Å²) in [6.45, 7) is 12.9. The van der Waals surface area contributed by atoms with Gasteiger partial charge in [0.25, 0.3) is 11.7 Å². The molecule has 3 fully saturated rings. The third kappa shape index (κ3) is 16.8. The van der Waals surface area contributed by atoms with Crippen molar-refractivity contribution in [3.8, 4) is 0 Å². The van der Waals surface area contributed by atoms with Gasteiger partial charge in [0.05, 0.1) is 37.6 Å². The number of carbonyl (C=O) groups excluding carboxylic acids is 5. The number of ketones is 3. The zero-order valence-electron chi connectivity index (χ0n) is 42.4. The highest BCUT2D eigenvalue weighted by atomic mass is 16.6. The molecule has 70 heavy (non-hydrogen) atoms. The summed E-state index contributed by atoms with van der Waals surface area (Å²) in [6, 6.07) is -1.14. The zero-order chi connectivity index (χ0) is 50.3. The number of hydrogen-bond acceptors (Lipinski definition) is 14. The molecular formula is C55H91NO14. The maximum atomic E-state index is 14.5. The lowest BCUT2D eigenvalue weighted by atomic mass is 9.78. The highest BCUT2D eigenvalue weighted by Crippen LogP contribution is 2.38. The van der Waals surface area contributed by atoms with Crippen LogP contribution in [0.2, 0.25) is 0 Å². The Morgan fingerprint density at radius 3 is 2.21 bits per heavy atom.